The van der Waals surface area contributed by atoms with E-state index in [1.54, 1.807) is 18.2 Å². The molecule has 0 unspecified atom stereocenters. The van der Waals surface area contributed by atoms with E-state index in [0.29, 0.717) is 16.5 Å². The molecule has 0 radical (unpaired) electrons. The van der Waals surface area contributed by atoms with Gasteiger partial charge in [-0.1, -0.05) is 54.0 Å². The number of hydrogen-bond acceptors (Lipinski definition) is 3. The first-order valence-electron chi connectivity index (χ1n) is 7.49. The summed E-state index contributed by atoms with van der Waals surface area (Å²) in [6.45, 7) is 4.06. The number of rotatable bonds is 3. The predicted octanol–water partition coefficient (Wildman–Crippen LogP) is 5.05. The average molecular weight is 373 g/mol. The minimum Gasteiger partial charge on any atom is -0.507 e. The van der Waals surface area contributed by atoms with Gasteiger partial charge < -0.3 is 9.52 Å². The highest BCUT2D eigenvalue weighted by Gasteiger charge is 2.27. The van der Waals surface area contributed by atoms with Crippen LogP contribution in [0.2, 0.25) is 0 Å². The van der Waals surface area contributed by atoms with Crippen LogP contribution < -0.4 is 5.63 Å². The molecule has 0 fully saturated rings. The van der Waals surface area contributed by atoms with E-state index in [1.165, 1.54) is 0 Å². The smallest absolute Gasteiger partial charge is 0.343 e. The number of hydrogen-bond donors (Lipinski definition) is 1. The molecule has 1 N–H and O–H groups in total. The Balaban J connectivity index is 2.27. The van der Waals surface area contributed by atoms with Crippen molar-refractivity contribution in [3.05, 3.63) is 74.6 Å². The van der Waals surface area contributed by atoms with Crippen LogP contribution in [0.3, 0.4) is 0 Å². The summed E-state index contributed by atoms with van der Waals surface area (Å²) in [7, 11) is 0. The zero-order valence-electron chi connectivity index (χ0n) is 12.9. The molecule has 0 amide bonds. The Bertz CT molecular complexity index is 895. The minimum absolute atomic E-state index is 0.0125. The molecule has 1 atom stereocenters. The molecule has 3 rings (SSSR count). The van der Waals surface area contributed by atoms with Gasteiger partial charge in [0.25, 0.3) is 0 Å². The van der Waals surface area contributed by atoms with Gasteiger partial charge in [0.2, 0.25) is 0 Å². The van der Waals surface area contributed by atoms with Crippen molar-refractivity contribution in [2.75, 3.05) is 0 Å². The Morgan fingerprint density at radius 2 is 1.70 bits per heavy atom. The first kappa shape index (κ1) is 15.8. The summed E-state index contributed by atoms with van der Waals surface area (Å²) in [6, 6.07) is 14.8. The van der Waals surface area contributed by atoms with Crippen molar-refractivity contribution in [3.63, 3.8) is 0 Å². The third-order valence-electron chi connectivity index (χ3n) is 4.03. The van der Waals surface area contributed by atoms with Gasteiger partial charge in [-0.3, -0.25) is 0 Å². The van der Waals surface area contributed by atoms with Crippen molar-refractivity contribution in [3.8, 4) is 5.75 Å². The lowest BCUT2D eigenvalue weighted by Crippen LogP contribution is -2.18. The third-order valence-corrected chi connectivity index (χ3v) is 4.56. The van der Waals surface area contributed by atoms with Crippen molar-refractivity contribution in [2.45, 2.75) is 19.8 Å². The molecule has 1 aromatic heterocycles. The fourth-order valence-corrected chi connectivity index (χ4v) is 3.24. The Labute approximate surface area is 142 Å². The largest absolute Gasteiger partial charge is 0.507 e. The fourth-order valence-electron chi connectivity index (χ4n) is 2.98. The number of benzene rings is 2. The Kier molecular flexibility index (Phi) is 4.26. The van der Waals surface area contributed by atoms with E-state index >= 15 is 0 Å². The number of halogens is 1. The van der Waals surface area contributed by atoms with Crippen LogP contribution in [0.1, 0.15) is 30.9 Å². The van der Waals surface area contributed by atoms with Crippen LogP contribution in [0.25, 0.3) is 11.0 Å². The predicted molar refractivity (Wildman–Crippen MR) is 95.0 cm³/mol. The summed E-state index contributed by atoms with van der Waals surface area (Å²) >= 11 is 3.42. The summed E-state index contributed by atoms with van der Waals surface area (Å²) in [5, 5.41) is 11.3. The Morgan fingerprint density at radius 1 is 1.04 bits per heavy atom. The van der Waals surface area contributed by atoms with Crippen LogP contribution in [0.5, 0.6) is 5.75 Å². The highest BCUT2D eigenvalue weighted by atomic mass is 79.9. The first-order chi connectivity index (χ1) is 11.0. The average Bonchev–Trinajstić information content (AvgIpc) is 2.52. The van der Waals surface area contributed by atoms with Gasteiger partial charge in [-0.05, 0) is 35.7 Å². The molecule has 3 nitrogen and oxygen atoms in total. The van der Waals surface area contributed by atoms with E-state index in [4.69, 9.17) is 4.42 Å². The number of para-hydroxylation sites is 1. The van der Waals surface area contributed by atoms with Crippen LogP contribution in [-0.2, 0) is 0 Å². The summed E-state index contributed by atoms with van der Waals surface area (Å²) in [4.78, 5) is 12.5. The molecular weight excluding hydrogens is 356 g/mol. The molecule has 3 aromatic rings. The van der Waals surface area contributed by atoms with Gasteiger partial charge in [0, 0.05) is 10.4 Å². The van der Waals surface area contributed by atoms with Crippen LogP contribution in [0.4, 0.5) is 0 Å². The summed E-state index contributed by atoms with van der Waals surface area (Å²) in [5.74, 6) is -0.0893. The second kappa shape index (κ2) is 6.20. The molecule has 2 aromatic carbocycles. The van der Waals surface area contributed by atoms with Crippen molar-refractivity contribution >= 4 is 26.9 Å². The number of fused-ring (bicyclic) bond motifs is 1. The maximum Gasteiger partial charge on any atom is 0.343 e. The van der Waals surface area contributed by atoms with E-state index in [0.717, 1.165) is 10.0 Å². The molecule has 0 aliphatic rings. The van der Waals surface area contributed by atoms with E-state index in [1.807, 2.05) is 44.2 Å². The van der Waals surface area contributed by atoms with Crippen molar-refractivity contribution in [1.29, 1.82) is 0 Å². The molecule has 0 saturated carbocycles. The zero-order valence-corrected chi connectivity index (χ0v) is 14.5. The van der Waals surface area contributed by atoms with E-state index < -0.39 is 5.63 Å². The third kappa shape index (κ3) is 2.91. The lowest BCUT2D eigenvalue weighted by molar-refractivity contribution is 0.435. The van der Waals surface area contributed by atoms with Crippen molar-refractivity contribution < 1.29 is 9.52 Å². The molecule has 0 aliphatic heterocycles. The van der Waals surface area contributed by atoms with Gasteiger partial charge in [-0.2, -0.15) is 0 Å². The fraction of sp³-hybridized carbons (Fsp3) is 0.211. The highest BCUT2D eigenvalue weighted by Crippen LogP contribution is 2.38. The normalized spacial score (nSPS) is 12.7. The highest BCUT2D eigenvalue weighted by molar-refractivity contribution is 9.10. The molecule has 0 spiro atoms. The quantitative estimate of drug-likeness (QED) is 0.654. The van der Waals surface area contributed by atoms with Crippen LogP contribution in [-0.4, -0.2) is 5.11 Å². The van der Waals surface area contributed by atoms with E-state index in [-0.39, 0.29) is 17.6 Å². The van der Waals surface area contributed by atoms with Crippen LogP contribution >= 0.6 is 15.9 Å². The summed E-state index contributed by atoms with van der Waals surface area (Å²) in [6.07, 6.45) is 0. The molecule has 118 valence electrons. The standard InChI is InChI=1S/C19H17BrO3/c1-11(2)16(12-7-9-13(20)10-8-12)17-18(21)14-5-3-4-6-15(14)23-19(17)22/h3-11,16,21H,1-2H3/t16-/m0/s1. The SMILES string of the molecule is CC(C)[C@@H](c1ccc(Br)cc1)c1c(O)c2ccccc2oc1=O. The maximum absolute atomic E-state index is 12.5. The minimum atomic E-state index is -0.484. The molecule has 4 heteroatoms. The lowest BCUT2D eigenvalue weighted by atomic mass is 9.82. The van der Waals surface area contributed by atoms with Crippen LogP contribution in [0.15, 0.2) is 62.2 Å². The van der Waals surface area contributed by atoms with Crippen molar-refractivity contribution in [2.24, 2.45) is 5.92 Å². The molecular formula is C19H17BrO3. The van der Waals surface area contributed by atoms with Gasteiger partial charge in [0.15, 0.2) is 0 Å². The van der Waals surface area contributed by atoms with Gasteiger partial charge in [-0.25, -0.2) is 4.79 Å². The molecule has 0 saturated heterocycles. The second-order valence-electron chi connectivity index (χ2n) is 5.92. The van der Waals surface area contributed by atoms with E-state index in [9.17, 15) is 9.90 Å². The molecule has 0 aliphatic carbocycles. The Morgan fingerprint density at radius 3 is 2.35 bits per heavy atom. The molecule has 1 heterocycles. The summed E-state index contributed by atoms with van der Waals surface area (Å²) < 4.78 is 6.40. The van der Waals surface area contributed by atoms with Gasteiger partial charge in [0.1, 0.15) is 11.3 Å². The van der Waals surface area contributed by atoms with Gasteiger partial charge in [-0.15, -0.1) is 0 Å². The maximum atomic E-state index is 12.5. The molecule has 23 heavy (non-hydrogen) atoms. The van der Waals surface area contributed by atoms with Crippen molar-refractivity contribution in [1.82, 2.24) is 0 Å². The van der Waals surface area contributed by atoms with Gasteiger partial charge in [0.05, 0.1) is 10.9 Å². The zero-order chi connectivity index (χ0) is 16.6. The second-order valence-corrected chi connectivity index (χ2v) is 6.84. The lowest BCUT2D eigenvalue weighted by Gasteiger charge is -2.22. The Hall–Kier alpha value is -2.07. The van der Waals surface area contributed by atoms with E-state index in [2.05, 4.69) is 15.9 Å². The molecule has 0 bridgehead atoms. The van der Waals surface area contributed by atoms with Gasteiger partial charge >= 0.3 is 5.63 Å². The topological polar surface area (TPSA) is 50.4 Å². The monoisotopic (exact) mass is 372 g/mol. The number of aromatic hydroxyl groups is 1. The summed E-state index contributed by atoms with van der Waals surface area (Å²) in [5.41, 5.74) is 1.21. The first-order valence-corrected chi connectivity index (χ1v) is 8.28. The van der Waals surface area contributed by atoms with Crippen LogP contribution in [0, 0.1) is 5.92 Å².